The summed E-state index contributed by atoms with van der Waals surface area (Å²) in [6.45, 7) is 2.39. The molecule has 0 fully saturated rings. The first-order valence-corrected chi connectivity index (χ1v) is 22.6. The number of rotatable bonds is 8. The van der Waals surface area contributed by atoms with E-state index < -0.39 is 0 Å². The van der Waals surface area contributed by atoms with Gasteiger partial charge in [0.25, 0.3) is 0 Å². The lowest BCUT2D eigenvalue weighted by atomic mass is 9.74. The molecule has 1 heteroatoms. The minimum Gasteiger partial charge on any atom is -0.310 e. The van der Waals surface area contributed by atoms with Gasteiger partial charge in [0.05, 0.1) is 5.69 Å². The Morgan fingerprint density at radius 2 is 0.738 bits per heavy atom. The van der Waals surface area contributed by atoms with Crippen LogP contribution in [0.15, 0.2) is 255 Å². The van der Waals surface area contributed by atoms with Crippen molar-refractivity contribution < 1.29 is 0 Å². The van der Waals surface area contributed by atoms with Crippen molar-refractivity contribution in [1.82, 2.24) is 0 Å². The first-order chi connectivity index (χ1) is 32.1. The Kier molecular flexibility index (Phi) is 9.35. The van der Waals surface area contributed by atoms with Crippen LogP contribution in [0.1, 0.15) is 23.6 Å². The van der Waals surface area contributed by atoms with Gasteiger partial charge in [0.1, 0.15) is 0 Å². The molecule has 0 heterocycles. The van der Waals surface area contributed by atoms with Crippen molar-refractivity contribution in [2.45, 2.75) is 12.3 Å². The lowest BCUT2D eigenvalue weighted by Crippen LogP contribution is -2.22. The van der Waals surface area contributed by atoms with E-state index in [9.17, 15) is 0 Å². The van der Waals surface area contributed by atoms with Gasteiger partial charge in [0.2, 0.25) is 0 Å². The van der Waals surface area contributed by atoms with Crippen LogP contribution in [0.4, 0.5) is 17.1 Å². The summed E-state index contributed by atoms with van der Waals surface area (Å²) in [7, 11) is 0. The first-order valence-electron chi connectivity index (χ1n) is 22.6. The Bertz CT molecular complexity index is 3500. The van der Waals surface area contributed by atoms with Gasteiger partial charge in [-0.25, -0.2) is 0 Å². The van der Waals surface area contributed by atoms with Crippen molar-refractivity contribution in [3.8, 4) is 55.6 Å². The zero-order chi connectivity index (χ0) is 43.3. The minimum atomic E-state index is -0.309. The highest BCUT2D eigenvalue weighted by Gasteiger charge is 2.42. The van der Waals surface area contributed by atoms with Crippen LogP contribution in [0.5, 0.6) is 0 Å². The molecule has 0 bridgehead atoms. The Hall–Kier alpha value is -8.26. The van der Waals surface area contributed by atoms with Gasteiger partial charge in [-0.05, 0) is 132 Å². The van der Waals surface area contributed by atoms with E-state index in [1.54, 1.807) is 0 Å². The largest absolute Gasteiger partial charge is 0.310 e. The number of anilines is 3. The van der Waals surface area contributed by atoms with Crippen molar-refractivity contribution in [2.75, 3.05) is 4.90 Å². The van der Waals surface area contributed by atoms with Gasteiger partial charge in [0.15, 0.2) is 0 Å². The van der Waals surface area contributed by atoms with Gasteiger partial charge < -0.3 is 4.90 Å². The van der Waals surface area contributed by atoms with Crippen LogP contribution >= 0.6 is 0 Å². The van der Waals surface area contributed by atoms with Crippen molar-refractivity contribution >= 4 is 38.6 Å². The van der Waals surface area contributed by atoms with Crippen molar-refractivity contribution in [2.24, 2.45) is 0 Å². The van der Waals surface area contributed by atoms with Gasteiger partial charge in [-0.1, -0.05) is 218 Å². The number of hydrogen-bond acceptors (Lipinski definition) is 1. The normalized spacial score (nSPS) is 14.0. The second kappa shape index (κ2) is 15.8. The van der Waals surface area contributed by atoms with E-state index in [0.717, 1.165) is 17.1 Å². The van der Waals surface area contributed by atoms with Crippen LogP contribution in [0.25, 0.3) is 77.2 Å². The van der Waals surface area contributed by atoms with Crippen LogP contribution in [-0.2, 0) is 5.41 Å². The van der Waals surface area contributed by atoms with Gasteiger partial charge in [-0.3, -0.25) is 0 Å². The molecule has 1 unspecified atom stereocenters. The van der Waals surface area contributed by atoms with Crippen molar-refractivity contribution in [1.29, 1.82) is 0 Å². The number of nitrogens with zero attached hydrogens (tertiary/aromatic N) is 1. The summed E-state index contributed by atoms with van der Waals surface area (Å²) in [5.41, 5.74) is 19.3. The highest BCUT2D eigenvalue weighted by Crippen LogP contribution is 2.57. The molecule has 0 spiro atoms. The monoisotopic (exact) mass is 827 g/mol. The summed E-state index contributed by atoms with van der Waals surface area (Å²) in [5.74, 6) is 0. The first kappa shape index (κ1) is 38.4. The molecule has 0 saturated carbocycles. The summed E-state index contributed by atoms with van der Waals surface area (Å²) in [5, 5.41) is 5.02. The Balaban J connectivity index is 1.03. The fraction of sp³-hybridized carbons (Fsp3) is 0.0312. The molecule has 1 aliphatic carbocycles. The molecule has 0 radical (unpaired) electrons. The van der Waals surface area contributed by atoms with E-state index in [1.165, 1.54) is 93.9 Å². The highest BCUT2D eigenvalue weighted by molar-refractivity contribution is 6.22. The zero-order valence-corrected chi connectivity index (χ0v) is 36.2. The fourth-order valence-corrected chi connectivity index (χ4v) is 10.6. The molecule has 1 nitrogen and oxygen atoms in total. The second-order valence-corrected chi connectivity index (χ2v) is 17.3. The maximum absolute atomic E-state index is 2.46. The topological polar surface area (TPSA) is 3.24 Å². The SMILES string of the molecule is CC1(c2ccccc2)c2ccccc2-c2c(N(c3ccc(-c4ccccc4)cc3)c3ccc(-c4ccc5c(c4)c(-c4ccccc4)c(-c4ccccc4)c4ccccc45)cc3)cccc21. The van der Waals surface area contributed by atoms with E-state index >= 15 is 0 Å². The fourth-order valence-electron chi connectivity index (χ4n) is 10.6. The lowest BCUT2D eigenvalue weighted by Gasteiger charge is -2.30. The quantitative estimate of drug-likeness (QED) is 0.138. The van der Waals surface area contributed by atoms with Crippen LogP contribution in [0.2, 0.25) is 0 Å². The molecule has 11 aromatic carbocycles. The van der Waals surface area contributed by atoms with E-state index in [-0.39, 0.29) is 5.41 Å². The molecular weight excluding hydrogens is 783 g/mol. The van der Waals surface area contributed by atoms with Gasteiger partial charge >= 0.3 is 0 Å². The minimum absolute atomic E-state index is 0.309. The number of fused-ring (bicyclic) bond motifs is 6. The Labute approximate surface area is 381 Å². The Morgan fingerprint density at radius 1 is 0.292 bits per heavy atom. The molecular formula is C64H45N. The van der Waals surface area contributed by atoms with E-state index in [1.807, 2.05) is 0 Å². The average Bonchev–Trinajstić information content (AvgIpc) is 3.66. The molecule has 1 atom stereocenters. The van der Waals surface area contributed by atoms with E-state index in [4.69, 9.17) is 0 Å². The molecule has 306 valence electrons. The van der Waals surface area contributed by atoms with Crippen molar-refractivity contribution in [3.63, 3.8) is 0 Å². The van der Waals surface area contributed by atoms with Crippen LogP contribution in [0.3, 0.4) is 0 Å². The van der Waals surface area contributed by atoms with Crippen LogP contribution in [0, 0.1) is 0 Å². The molecule has 0 aliphatic heterocycles. The average molecular weight is 828 g/mol. The summed E-state index contributed by atoms with van der Waals surface area (Å²) < 4.78 is 0. The van der Waals surface area contributed by atoms with E-state index in [2.05, 4.69) is 267 Å². The van der Waals surface area contributed by atoms with Gasteiger partial charge in [-0.15, -0.1) is 0 Å². The van der Waals surface area contributed by atoms with Crippen molar-refractivity contribution in [3.05, 3.63) is 271 Å². The standard InChI is InChI=1S/C64H45N/c1-64(50-25-12-5-13-26-50)58-30-17-16-29-56(58)63-59(64)31-18-32-60(63)65(51-38-33-45(34-39-51)44-19-6-2-7-20-44)52-40-35-46(36-41-52)49-37-42-54-53-27-14-15-28-55(53)61(47-21-8-3-9-22-47)62(57(54)43-49)48-23-10-4-11-24-48/h2-43H,1H3. The second-order valence-electron chi connectivity index (χ2n) is 17.3. The molecule has 1 aliphatic rings. The third-order valence-electron chi connectivity index (χ3n) is 13.8. The van der Waals surface area contributed by atoms with Gasteiger partial charge in [0, 0.05) is 22.4 Å². The Morgan fingerprint density at radius 3 is 1.37 bits per heavy atom. The summed E-state index contributed by atoms with van der Waals surface area (Å²) in [4.78, 5) is 2.46. The van der Waals surface area contributed by atoms with Gasteiger partial charge in [-0.2, -0.15) is 0 Å². The van der Waals surface area contributed by atoms with E-state index in [0.29, 0.717) is 0 Å². The predicted octanol–water partition coefficient (Wildman–Crippen LogP) is 17.5. The summed E-state index contributed by atoms with van der Waals surface area (Å²) in [6.07, 6.45) is 0. The molecule has 0 saturated heterocycles. The molecule has 65 heavy (non-hydrogen) atoms. The summed E-state index contributed by atoms with van der Waals surface area (Å²) >= 11 is 0. The molecule has 11 aromatic rings. The maximum atomic E-state index is 2.46. The van der Waals surface area contributed by atoms with Crippen LogP contribution in [-0.4, -0.2) is 0 Å². The number of benzene rings is 11. The third-order valence-corrected chi connectivity index (χ3v) is 13.8. The lowest BCUT2D eigenvalue weighted by molar-refractivity contribution is 0.714. The van der Waals surface area contributed by atoms with Crippen LogP contribution < -0.4 is 4.90 Å². The number of hydrogen-bond donors (Lipinski definition) is 0. The molecule has 12 rings (SSSR count). The third kappa shape index (κ3) is 6.39. The molecule has 0 N–H and O–H groups in total. The molecule has 0 aromatic heterocycles. The maximum Gasteiger partial charge on any atom is 0.0543 e. The predicted molar refractivity (Wildman–Crippen MR) is 275 cm³/mol. The highest BCUT2D eigenvalue weighted by atomic mass is 15.1. The smallest absolute Gasteiger partial charge is 0.0543 e. The zero-order valence-electron chi connectivity index (χ0n) is 36.2. The molecule has 0 amide bonds. The summed E-state index contributed by atoms with van der Waals surface area (Å²) in [6, 6.07) is 93.5.